The fourth-order valence-electron chi connectivity index (χ4n) is 13.4. The molecule has 5 saturated carbocycles. The zero-order chi connectivity index (χ0) is 34.3. The number of aliphatic hydroxyl groups is 2. The van der Waals surface area contributed by atoms with E-state index in [-0.39, 0.29) is 63.9 Å². The van der Waals surface area contributed by atoms with Gasteiger partial charge in [-0.1, -0.05) is 79.7 Å². The molecule has 0 aliphatic heterocycles. The molecule has 5 aliphatic carbocycles. The van der Waals surface area contributed by atoms with Crippen molar-refractivity contribution < 1.29 is 24.9 Å². The number of unbranched alkanes of at least 4 members (excludes halogenated alkanes) is 7. The number of carboxylic acids is 1. The van der Waals surface area contributed by atoms with E-state index in [0.717, 1.165) is 102 Å². The van der Waals surface area contributed by atoms with Gasteiger partial charge in [0, 0.05) is 13.0 Å². The lowest BCUT2D eigenvalue weighted by Gasteiger charge is -2.72. The van der Waals surface area contributed by atoms with E-state index in [1.807, 2.05) is 0 Å². The second kappa shape index (κ2) is 14.1. The van der Waals surface area contributed by atoms with Gasteiger partial charge in [-0.05, 0) is 134 Å². The average Bonchev–Trinajstić information content (AvgIpc) is 3.42. The van der Waals surface area contributed by atoms with Crippen molar-refractivity contribution in [2.75, 3.05) is 13.2 Å². The average molecular weight is 656 g/mol. The third-order valence-corrected chi connectivity index (χ3v) is 16.2. The van der Waals surface area contributed by atoms with Gasteiger partial charge in [-0.25, -0.2) is 0 Å². The second-order valence-corrected chi connectivity index (χ2v) is 18.4. The predicted octanol–water partition coefficient (Wildman–Crippen LogP) is 8.69. The maximum Gasteiger partial charge on any atom is 0.303 e. The van der Waals surface area contributed by atoms with Gasteiger partial charge in [0.15, 0.2) is 0 Å². The third kappa shape index (κ3) is 6.27. The van der Waals surface area contributed by atoms with Crippen molar-refractivity contribution in [3.63, 3.8) is 0 Å². The molecule has 5 aliphatic rings. The summed E-state index contributed by atoms with van der Waals surface area (Å²) in [5.41, 5.74) is 1.10. The summed E-state index contributed by atoms with van der Waals surface area (Å²) >= 11 is 0. The SMILES string of the molecule is C=C(CO)[C@@H]1CC[C@]2(C(=O)NCCCCCCCCCCC(=O)O)CC[C@]3(C)[C@H](CC[C@@H]4[C@@]5(C)CC[C@H](O)C(C)(C)[C@@H]5CC[C@]43C)[C@@H]12. The Bertz CT molecular complexity index is 1150. The normalized spacial score (nSPS) is 42.0. The zero-order valence-electron chi connectivity index (χ0n) is 30.7. The van der Waals surface area contributed by atoms with E-state index in [1.54, 1.807) is 0 Å². The quantitative estimate of drug-likeness (QED) is 0.111. The van der Waals surface area contributed by atoms with Gasteiger partial charge in [0.2, 0.25) is 5.91 Å². The highest BCUT2D eigenvalue weighted by atomic mass is 16.4. The summed E-state index contributed by atoms with van der Waals surface area (Å²) in [5, 5.41) is 33.6. The van der Waals surface area contributed by atoms with Crippen LogP contribution in [0.4, 0.5) is 0 Å². The van der Waals surface area contributed by atoms with Crippen LogP contribution in [0.2, 0.25) is 0 Å². The van der Waals surface area contributed by atoms with Crippen LogP contribution in [-0.4, -0.2) is 46.5 Å². The molecule has 6 nitrogen and oxygen atoms in total. The van der Waals surface area contributed by atoms with E-state index in [2.05, 4.69) is 46.5 Å². The first-order chi connectivity index (χ1) is 22.2. The van der Waals surface area contributed by atoms with Gasteiger partial charge in [0.05, 0.1) is 18.1 Å². The standard InChI is InChI=1S/C41H69NO5/c1-28(27-43)29-18-23-41(36(47)42-26-14-12-10-8-7-9-11-13-15-34(45)46)25-24-39(5)30(35(29)41)16-17-32-38(4)21-20-33(44)37(2,3)31(38)19-22-40(32,39)6/h29-33,35,43-44H,1,7-27H2,2-6H3,(H,42,47)(H,45,46)/t29-,30+,31-,32+,33-,35+,38-,39+,40+,41-/m0/s1. The Kier molecular flexibility index (Phi) is 11.0. The number of hydrogen-bond donors (Lipinski definition) is 4. The van der Waals surface area contributed by atoms with Crippen molar-refractivity contribution in [1.29, 1.82) is 0 Å². The number of carbonyl (C=O) groups is 2. The molecule has 5 fully saturated rings. The molecule has 268 valence electrons. The molecule has 1 amide bonds. The topological polar surface area (TPSA) is 107 Å². The van der Waals surface area contributed by atoms with Crippen LogP contribution in [0.5, 0.6) is 0 Å². The number of amides is 1. The smallest absolute Gasteiger partial charge is 0.303 e. The van der Waals surface area contributed by atoms with Gasteiger partial charge < -0.3 is 20.6 Å². The van der Waals surface area contributed by atoms with Gasteiger partial charge in [-0.2, -0.15) is 0 Å². The van der Waals surface area contributed by atoms with Gasteiger partial charge in [-0.15, -0.1) is 0 Å². The van der Waals surface area contributed by atoms with Gasteiger partial charge in [0.1, 0.15) is 0 Å². The first-order valence-corrected chi connectivity index (χ1v) is 19.7. The zero-order valence-corrected chi connectivity index (χ0v) is 30.7. The molecule has 0 aromatic heterocycles. The van der Waals surface area contributed by atoms with E-state index in [1.165, 1.54) is 25.7 Å². The Morgan fingerprint density at radius 1 is 0.745 bits per heavy atom. The fourth-order valence-corrected chi connectivity index (χ4v) is 13.4. The molecule has 5 rings (SSSR count). The Hall–Kier alpha value is -1.40. The molecule has 10 atom stereocenters. The number of hydrogen-bond acceptors (Lipinski definition) is 4. The van der Waals surface area contributed by atoms with Crippen molar-refractivity contribution in [1.82, 2.24) is 5.32 Å². The molecular formula is C41H69NO5. The van der Waals surface area contributed by atoms with Gasteiger partial charge in [-0.3, -0.25) is 9.59 Å². The minimum Gasteiger partial charge on any atom is -0.481 e. The summed E-state index contributed by atoms with van der Waals surface area (Å²) in [5.74, 6) is 1.66. The van der Waals surface area contributed by atoms with Crippen molar-refractivity contribution in [3.05, 3.63) is 12.2 Å². The molecule has 0 radical (unpaired) electrons. The van der Waals surface area contributed by atoms with Crippen molar-refractivity contribution in [2.45, 2.75) is 163 Å². The predicted molar refractivity (Wildman–Crippen MR) is 189 cm³/mol. The molecule has 6 heteroatoms. The Balaban J connectivity index is 1.26. The molecule has 0 aromatic rings. The van der Waals surface area contributed by atoms with Crippen LogP contribution < -0.4 is 5.32 Å². The molecular weight excluding hydrogens is 586 g/mol. The highest BCUT2D eigenvalue weighted by Gasteiger charge is 2.71. The van der Waals surface area contributed by atoms with Crippen molar-refractivity contribution in [2.24, 2.45) is 56.7 Å². The molecule has 47 heavy (non-hydrogen) atoms. The molecule has 0 heterocycles. The largest absolute Gasteiger partial charge is 0.481 e. The highest BCUT2D eigenvalue weighted by molar-refractivity contribution is 5.84. The molecule has 0 saturated heterocycles. The maximum atomic E-state index is 14.4. The number of carbonyl (C=O) groups excluding carboxylic acids is 1. The van der Waals surface area contributed by atoms with Gasteiger partial charge in [0.25, 0.3) is 0 Å². The monoisotopic (exact) mass is 656 g/mol. The molecule has 0 spiro atoms. The van der Waals surface area contributed by atoms with E-state index in [4.69, 9.17) is 5.11 Å². The molecule has 0 bridgehead atoms. The van der Waals surface area contributed by atoms with E-state index in [0.29, 0.717) is 17.8 Å². The van der Waals surface area contributed by atoms with E-state index < -0.39 is 5.97 Å². The van der Waals surface area contributed by atoms with Crippen molar-refractivity contribution >= 4 is 11.9 Å². The Labute approximate surface area is 286 Å². The van der Waals surface area contributed by atoms with E-state index in [9.17, 15) is 19.8 Å². The lowest BCUT2D eigenvalue weighted by Crippen LogP contribution is -2.67. The summed E-state index contributed by atoms with van der Waals surface area (Å²) in [4.78, 5) is 25.0. The number of rotatable bonds is 14. The number of carboxylic acid groups (broad SMARTS) is 1. The van der Waals surface area contributed by atoms with Crippen LogP contribution in [0.3, 0.4) is 0 Å². The summed E-state index contributed by atoms with van der Waals surface area (Å²) < 4.78 is 0. The first-order valence-electron chi connectivity index (χ1n) is 19.7. The Morgan fingerprint density at radius 2 is 1.40 bits per heavy atom. The number of aliphatic carboxylic acids is 1. The second-order valence-electron chi connectivity index (χ2n) is 18.4. The molecule has 4 N–H and O–H groups in total. The van der Waals surface area contributed by atoms with Crippen LogP contribution in [-0.2, 0) is 9.59 Å². The number of nitrogens with one attached hydrogen (secondary N) is 1. The minimum absolute atomic E-state index is 0.0128. The van der Waals surface area contributed by atoms with E-state index >= 15 is 0 Å². The number of aliphatic hydroxyl groups excluding tert-OH is 2. The van der Waals surface area contributed by atoms with Crippen LogP contribution in [0.1, 0.15) is 157 Å². The molecule has 0 unspecified atom stereocenters. The Morgan fingerprint density at radius 3 is 2.06 bits per heavy atom. The highest BCUT2D eigenvalue weighted by Crippen LogP contribution is 2.77. The van der Waals surface area contributed by atoms with Crippen LogP contribution in [0.15, 0.2) is 12.2 Å². The summed E-state index contributed by atoms with van der Waals surface area (Å²) in [6.45, 7) is 17.6. The van der Waals surface area contributed by atoms with Crippen LogP contribution in [0.25, 0.3) is 0 Å². The summed E-state index contributed by atoms with van der Waals surface area (Å²) in [6.07, 6.45) is 19.3. The minimum atomic E-state index is -0.698. The number of fused-ring (bicyclic) bond motifs is 7. The lowest BCUT2D eigenvalue weighted by atomic mass is 9.32. The van der Waals surface area contributed by atoms with Crippen LogP contribution >= 0.6 is 0 Å². The first kappa shape index (κ1) is 36.9. The summed E-state index contributed by atoms with van der Waals surface area (Å²) in [7, 11) is 0. The maximum absolute atomic E-state index is 14.4. The fraction of sp³-hybridized carbons (Fsp3) is 0.902. The van der Waals surface area contributed by atoms with Gasteiger partial charge >= 0.3 is 5.97 Å². The molecule has 0 aromatic carbocycles. The van der Waals surface area contributed by atoms with Crippen LogP contribution in [0, 0.1) is 56.7 Å². The third-order valence-electron chi connectivity index (χ3n) is 16.2. The lowest BCUT2D eigenvalue weighted by molar-refractivity contribution is -0.246. The summed E-state index contributed by atoms with van der Waals surface area (Å²) in [6, 6.07) is 0. The van der Waals surface area contributed by atoms with Crippen molar-refractivity contribution in [3.8, 4) is 0 Å².